The Morgan fingerprint density at radius 2 is 1.87 bits per heavy atom. The SMILES string of the molecule is CCCCN(CCCC)c1cccc2sc(SCC(COC(=O)O)OC(=O)O)nc12. The highest BCUT2D eigenvalue weighted by Crippen LogP contribution is 2.35. The van der Waals surface area contributed by atoms with E-state index in [2.05, 4.69) is 29.6 Å². The number of thioether (sulfide) groups is 1. The van der Waals surface area contributed by atoms with Crippen LogP contribution in [0.2, 0.25) is 0 Å². The van der Waals surface area contributed by atoms with E-state index in [1.807, 2.05) is 12.1 Å². The first-order chi connectivity index (χ1) is 14.4. The smallest absolute Gasteiger partial charge is 0.450 e. The van der Waals surface area contributed by atoms with Crippen LogP contribution in [0.3, 0.4) is 0 Å². The van der Waals surface area contributed by atoms with Gasteiger partial charge in [0.15, 0.2) is 4.34 Å². The fourth-order valence-corrected chi connectivity index (χ4v) is 4.94. The molecule has 2 rings (SSSR count). The van der Waals surface area contributed by atoms with Crippen LogP contribution in [0.5, 0.6) is 0 Å². The highest BCUT2D eigenvalue weighted by atomic mass is 32.2. The molecule has 0 bridgehead atoms. The van der Waals surface area contributed by atoms with Crippen LogP contribution in [0, 0.1) is 0 Å². The van der Waals surface area contributed by atoms with Crippen LogP contribution in [0.4, 0.5) is 15.3 Å². The van der Waals surface area contributed by atoms with Gasteiger partial charge in [-0.15, -0.1) is 11.3 Å². The van der Waals surface area contributed by atoms with Gasteiger partial charge in [-0.2, -0.15) is 0 Å². The molecule has 0 saturated carbocycles. The lowest BCUT2D eigenvalue weighted by molar-refractivity contribution is 0.0140. The molecule has 0 saturated heterocycles. The number of para-hydroxylation sites is 1. The maximum Gasteiger partial charge on any atom is 0.506 e. The molecule has 1 atom stereocenters. The average Bonchev–Trinajstić information content (AvgIpc) is 3.13. The molecule has 2 aromatic rings. The average molecular weight is 457 g/mol. The number of fused-ring (bicyclic) bond motifs is 1. The molecule has 0 aliphatic heterocycles. The van der Waals surface area contributed by atoms with Crippen LogP contribution in [-0.2, 0) is 9.47 Å². The molecule has 166 valence electrons. The maximum absolute atomic E-state index is 10.8. The summed E-state index contributed by atoms with van der Waals surface area (Å²) in [7, 11) is 0. The van der Waals surface area contributed by atoms with E-state index < -0.39 is 18.4 Å². The predicted octanol–water partition coefficient (Wildman–Crippen LogP) is 5.55. The Bertz CT molecular complexity index is 821. The summed E-state index contributed by atoms with van der Waals surface area (Å²) in [4.78, 5) is 28.6. The minimum Gasteiger partial charge on any atom is -0.450 e. The van der Waals surface area contributed by atoms with Gasteiger partial charge in [0.1, 0.15) is 18.2 Å². The molecule has 2 N–H and O–H groups in total. The van der Waals surface area contributed by atoms with E-state index >= 15 is 0 Å². The molecule has 30 heavy (non-hydrogen) atoms. The van der Waals surface area contributed by atoms with Crippen molar-refractivity contribution in [3.63, 3.8) is 0 Å². The van der Waals surface area contributed by atoms with Crippen molar-refractivity contribution in [2.24, 2.45) is 0 Å². The summed E-state index contributed by atoms with van der Waals surface area (Å²) in [6.45, 7) is 5.97. The number of thiazole rings is 1. The Morgan fingerprint density at radius 3 is 2.47 bits per heavy atom. The zero-order chi connectivity index (χ0) is 21.9. The Labute approximate surface area is 184 Å². The number of carbonyl (C=O) groups is 2. The second kappa shape index (κ2) is 12.5. The van der Waals surface area contributed by atoms with E-state index in [4.69, 9.17) is 19.9 Å². The number of benzene rings is 1. The molecule has 0 aliphatic carbocycles. The number of hydrogen-bond acceptors (Lipinski definition) is 8. The third-order valence-electron chi connectivity index (χ3n) is 4.33. The van der Waals surface area contributed by atoms with Gasteiger partial charge in [0.05, 0.1) is 10.4 Å². The molecule has 8 nitrogen and oxygen atoms in total. The molecule has 0 fully saturated rings. The van der Waals surface area contributed by atoms with Crippen LogP contribution in [-0.4, -0.2) is 59.1 Å². The van der Waals surface area contributed by atoms with Gasteiger partial charge in [-0.05, 0) is 25.0 Å². The number of anilines is 1. The van der Waals surface area contributed by atoms with E-state index in [1.165, 1.54) is 23.1 Å². The first-order valence-electron chi connectivity index (χ1n) is 9.97. The largest absolute Gasteiger partial charge is 0.506 e. The molecule has 1 aromatic carbocycles. The number of rotatable bonds is 13. The van der Waals surface area contributed by atoms with Crippen molar-refractivity contribution in [3.05, 3.63) is 18.2 Å². The summed E-state index contributed by atoms with van der Waals surface area (Å²) in [5.41, 5.74) is 2.06. The second-order valence-corrected chi connectivity index (χ2v) is 8.99. The number of nitrogens with zero attached hydrogens (tertiary/aromatic N) is 2. The lowest BCUT2D eigenvalue weighted by atomic mass is 10.2. The summed E-state index contributed by atoms with van der Waals surface area (Å²) in [5, 5.41) is 17.5. The normalized spacial score (nSPS) is 11.9. The zero-order valence-electron chi connectivity index (χ0n) is 17.2. The monoisotopic (exact) mass is 456 g/mol. The number of hydrogen-bond donors (Lipinski definition) is 2. The quantitative estimate of drug-likeness (QED) is 0.296. The number of carboxylic acid groups (broad SMARTS) is 2. The lowest BCUT2D eigenvalue weighted by Gasteiger charge is -2.25. The van der Waals surface area contributed by atoms with Crippen molar-refractivity contribution in [3.8, 4) is 0 Å². The molecular weight excluding hydrogens is 428 g/mol. The van der Waals surface area contributed by atoms with Gasteiger partial charge < -0.3 is 24.6 Å². The third kappa shape index (κ3) is 7.56. The van der Waals surface area contributed by atoms with Gasteiger partial charge in [0.2, 0.25) is 0 Å². The van der Waals surface area contributed by atoms with Crippen molar-refractivity contribution in [2.75, 3.05) is 30.3 Å². The van der Waals surface area contributed by atoms with Crippen molar-refractivity contribution in [2.45, 2.75) is 50.0 Å². The van der Waals surface area contributed by atoms with E-state index in [9.17, 15) is 9.59 Å². The number of ether oxygens (including phenoxy) is 2. The van der Waals surface area contributed by atoms with Crippen LogP contribution in [0.25, 0.3) is 10.2 Å². The summed E-state index contributed by atoms with van der Waals surface area (Å²) >= 11 is 2.86. The molecular formula is C20H28N2O6S2. The van der Waals surface area contributed by atoms with E-state index in [-0.39, 0.29) is 12.4 Å². The Balaban J connectivity index is 2.15. The van der Waals surface area contributed by atoms with Gasteiger partial charge in [0, 0.05) is 18.8 Å². The van der Waals surface area contributed by atoms with Crippen molar-refractivity contribution >= 4 is 51.3 Å². The van der Waals surface area contributed by atoms with E-state index in [0.29, 0.717) is 0 Å². The molecule has 10 heteroatoms. The molecule has 1 aromatic heterocycles. The molecule has 0 aliphatic rings. The molecule has 1 unspecified atom stereocenters. The van der Waals surface area contributed by atoms with Gasteiger partial charge in [0.25, 0.3) is 0 Å². The Kier molecular flexibility index (Phi) is 10.0. The fourth-order valence-electron chi connectivity index (χ4n) is 2.87. The minimum atomic E-state index is -1.47. The summed E-state index contributed by atoms with van der Waals surface area (Å²) in [5.74, 6) is 0.212. The highest BCUT2D eigenvalue weighted by molar-refractivity contribution is 8.01. The topological polar surface area (TPSA) is 109 Å². The molecule has 1 heterocycles. The standard InChI is InChI=1S/C20H28N2O6S2/c1-3-5-10-22(11-6-4-2)15-8-7-9-16-17(15)21-18(30-16)29-13-14(28-20(25)26)12-27-19(23)24/h7-9,14H,3-6,10-13H2,1-2H3,(H,23,24)(H,25,26). The van der Waals surface area contributed by atoms with Crippen LogP contribution < -0.4 is 4.90 Å². The van der Waals surface area contributed by atoms with Crippen LogP contribution >= 0.6 is 23.1 Å². The molecule has 0 spiro atoms. The number of aromatic nitrogens is 1. The Hall–Kier alpha value is -2.20. The Morgan fingerprint density at radius 1 is 1.17 bits per heavy atom. The summed E-state index contributed by atoms with van der Waals surface area (Å²) in [6.07, 6.45) is 0.639. The van der Waals surface area contributed by atoms with Gasteiger partial charge >= 0.3 is 12.3 Å². The summed E-state index contributed by atoms with van der Waals surface area (Å²) < 4.78 is 11.0. The van der Waals surface area contributed by atoms with E-state index in [1.54, 1.807) is 0 Å². The van der Waals surface area contributed by atoms with Crippen molar-refractivity contribution < 1.29 is 29.3 Å². The minimum absolute atomic E-state index is 0.212. The van der Waals surface area contributed by atoms with Crippen molar-refractivity contribution in [1.82, 2.24) is 4.98 Å². The second-order valence-electron chi connectivity index (χ2n) is 6.69. The van der Waals surface area contributed by atoms with Crippen LogP contribution in [0.1, 0.15) is 39.5 Å². The predicted molar refractivity (Wildman–Crippen MR) is 119 cm³/mol. The maximum atomic E-state index is 10.8. The zero-order valence-corrected chi connectivity index (χ0v) is 18.8. The fraction of sp³-hybridized carbons (Fsp3) is 0.550. The first-order valence-corrected chi connectivity index (χ1v) is 11.8. The van der Waals surface area contributed by atoms with Gasteiger partial charge in [-0.3, -0.25) is 0 Å². The van der Waals surface area contributed by atoms with Gasteiger partial charge in [-0.1, -0.05) is 44.5 Å². The summed E-state index contributed by atoms with van der Waals surface area (Å²) in [6, 6.07) is 6.16. The molecule has 0 amide bonds. The first kappa shape index (κ1) is 24.1. The van der Waals surface area contributed by atoms with E-state index in [0.717, 1.165) is 59.0 Å². The molecule has 0 radical (unpaired) electrons. The van der Waals surface area contributed by atoms with Crippen molar-refractivity contribution in [1.29, 1.82) is 0 Å². The van der Waals surface area contributed by atoms with Gasteiger partial charge in [-0.25, -0.2) is 14.6 Å². The van der Waals surface area contributed by atoms with Crippen LogP contribution in [0.15, 0.2) is 22.5 Å². The lowest BCUT2D eigenvalue weighted by Crippen LogP contribution is -2.26. The highest BCUT2D eigenvalue weighted by Gasteiger charge is 2.19. The third-order valence-corrected chi connectivity index (χ3v) is 6.63. The number of unbranched alkanes of at least 4 members (excludes halogenated alkanes) is 2.